The van der Waals surface area contributed by atoms with Gasteiger partial charge in [-0.1, -0.05) is 40.2 Å². The first-order valence-electron chi connectivity index (χ1n) is 10.3. The van der Waals surface area contributed by atoms with E-state index in [1.54, 1.807) is 0 Å². The zero-order valence-corrected chi connectivity index (χ0v) is 17.0. The first-order chi connectivity index (χ1) is 12.2. The van der Waals surface area contributed by atoms with Crippen molar-refractivity contribution >= 4 is 5.97 Å². The summed E-state index contributed by atoms with van der Waals surface area (Å²) in [7, 11) is 0. The molecule has 1 fully saturated rings. The van der Waals surface area contributed by atoms with Gasteiger partial charge in [0, 0.05) is 0 Å². The van der Waals surface area contributed by atoms with Crippen molar-refractivity contribution < 1.29 is 14.6 Å². The molecule has 0 saturated heterocycles. The molecule has 1 aromatic rings. The van der Waals surface area contributed by atoms with Crippen molar-refractivity contribution in [1.29, 1.82) is 0 Å². The highest BCUT2D eigenvalue weighted by Gasteiger charge is 2.55. The lowest BCUT2D eigenvalue weighted by molar-refractivity contribution is -0.157. The number of fused-ring (bicyclic) bond motifs is 3. The van der Waals surface area contributed by atoms with Gasteiger partial charge in [0.2, 0.25) is 0 Å². The second-order valence-electron chi connectivity index (χ2n) is 9.14. The van der Waals surface area contributed by atoms with E-state index < -0.39 is 11.4 Å². The minimum absolute atomic E-state index is 0.0706. The van der Waals surface area contributed by atoms with Crippen LogP contribution in [0.1, 0.15) is 89.3 Å². The molecule has 3 rings (SSSR count). The SMILES string of the molecule is CCCOc1cc2c(cc1C(C)C)CC[C@H]1[C@](C)(C(=O)O)CCC[C@]21C. The lowest BCUT2D eigenvalue weighted by atomic mass is 9.49. The highest BCUT2D eigenvalue weighted by molar-refractivity contribution is 5.75. The van der Waals surface area contributed by atoms with Gasteiger partial charge in [-0.05, 0) is 79.0 Å². The van der Waals surface area contributed by atoms with Crippen molar-refractivity contribution in [1.82, 2.24) is 0 Å². The molecule has 1 aromatic carbocycles. The van der Waals surface area contributed by atoms with Crippen molar-refractivity contribution in [2.24, 2.45) is 11.3 Å². The minimum Gasteiger partial charge on any atom is -0.493 e. The molecule has 0 aliphatic heterocycles. The van der Waals surface area contributed by atoms with Crippen molar-refractivity contribution in [3.05, 3.63) is 28.8 Å². The molecule has 2 aliphatic rings. The Bertz CT molecular complexity index is 693. The number of aliphatic carboxylic acids is 1. The lowest BCUT2D eigenvalue weighted by Gasteiger charge is -2.53. The number of hydrogen-bond donors (Lipinski definition) is 1. The van der Waals surface area contributed by atoms with Crippen LogP contribution in [-0.4, -0.2) is 17.7 Å². The van der Waals surface area contributed by atoms with Gasteiger partial charge in [-0.25, -0.2) is 0 Å². The average Bonchev–Trinajstić information content (AvgIpc) is 2.59. The molecular formula is C23H34O3. The fourth-order valence-corrected chi connectivity index (χ4v) is 5.56. The van der Waals surface area contributed by atoms with E-state index in [9.17, 15) is 9.90 Å². The topological polar surface area (TPSA) is 46.5 Å². The number of rotatable bonds is 5. The Labute approximate surface area is 158 Å². The number of carbonyl (C=O) groups is 1. The minimum atomic E-state index is -0.627. The molecule has 0 spiro atoms. The number of aryl methyl sites for hydroxylation is 1. The van der Waals surface area contributed by atoms with E-state index in [4.69, 9.17) is 4.74 Å². The second kappa shape index (κ2) is 6.90. The molecule has 3 atom stereocenters. The number of hydrogen-bond acceptors (Lipinski definition) is 2. The Morgan fingerprint density at radius 3 is 2.65 bits per heavy atom. The van der Waals surface area contributed by atoms with Crippen LogP contribution in [0.15, 0.2) is 12.1 Å². The molecule has 0 amide bonds. The van der Waals surface area contributed by atoms with Gasteiger partial charge in [0.05, 0.1) is 12.0 Å². The van der Waals surface area contributed by atoms with Gasteiger partial charge in [0.15, 0.2) is 0 Å². The fourth-order valence-electron chi connectivity index (χ4n) is 5.56. The third kappa shape index (κ3) is 2.93. The van der Waals surface area contributed by atoms with Crippen LogP contribution in [0.5, 0.6) is 5.75 Å². The van der Waals surface area contributed by atoms with E-state index in [0.717, 1.165) is 50.9 Å². The van der Waals surface area contributed by atoms with Crippen LogP contribution in [0.3, 0.4) is 0 Å². The third-order valence-corrected chi connectivity index (χ3v) is 7.06. The van der Waals surface area contributed by atoms with Crippen LogP contribution in [0.2, 0.25) is 0 Å². The Balaban J connectivity index is 2.10. The summed E-state index contributed by atoms with van der Waals surface area (Å²) in [5.41, 5.74) is 3.35. The van der Waals surface area contributed by atoms with E-state index in [0.29, 0.717) is 5.92 Å². The van der Waals surface area contributed by atoms with Crippen molar-refractivity contribution in [2.75, 3.05) is 6.61 Å². The molecule has 0 unspecified atom stereocenters. The van der Waals surface area contributed by atoms with Crippen LogP contribution in [0.25, 0.3) is 0 Å². The van der Waals surface area contributed by atoms with Gasteiger partial charge in [-0.2, -0.15) is 0 Å². The molecule has 0 heterocycles. The van der Waals surface area contributed by atoms with E-state index >= 15 is 0 Å². The summed E-state index contributed by atoms with van der Waals surface area (Å²) in [5.74, 6) is 0.995. The Kier molecular flexibility index (Phi) is 5.11. The molecule has 2 aliphatic carbocycles. The molecule has 0 bridgehead atoms. The molecular weight excluding hydrogens is 324 g/mol. The van der Waals surface area contributed by atoms with Crippen molar-refractivity contribution in [3.8, 4) is 5.75 Å². The lowest BCUT2D eigenvalue weighted by Crippen LogP contribution is -2.52. The zero-order valence-electron chi connectivity index (χ0n) is 17.0. The van der Waals surface area contributed by atoms with Gasteiger partial charge in [0.1, 0.15) is 5.75 Å². The van der Waals surface area contributed by atoms with Crippen LogP contribution >= 0.6 is 0 Å². The van der Waals surface area contributed by atoms with E-state index in [2.05, 4.69) is 39.8 Å². The number of carboxylic acid groups (broad SMARTS) is 1. The van der Waals surface area contributed by atoms with Crippen LogP contribution < -0.4 is 4.74 Å². The smallest absolute Gasteiger partial charge is 0.309 e. The van der Waals surface area contributed by atoms with Crippen molar-refractivity contribution in [3.63, 3.8) is 0 Å². The first kappa shape index (κ1) is 19.3. The number of benzene rings is 1. The summed E-state index contributed by atoms with van der Waals surface area (Å²) < 4.78 is 6.12. The summed E-state index contributed by atoms with van der Waals surface area (Å²) in [6.45, 7) is 11.6. The maximum Gasteiger partial charge on any atom is 0.309 e. The van der Waals surface area contributed by atoms with Gasteiger partial charge >= 0.3 is 5.97 Å². The van der Waals surface area contributed by atoms with Gasteiger partial charge in [-0.3, -0.25) is 4.79 Å². The fraction of sp³-hybridized carbons (Fsp3) is 0.696. The highest BCUT2D eigenvalue weighted by atomic mass is 16.5. The average molecular weight is 359 g/mol. The quantitative estimate of drug-likeness (QED) is 0.735. The van der Waals surface area contributed by atoms with Gasteiger partial charge < -0.3 is 9.84 Å². The predicted molar refractivity (Wildman–Crippen MR) is 105 cm³/mol. The van der Waals surface area contributed by atoms with Gasteiger partial charge in [-0.15, -0.1) is 0 Å². The summed E-state index contributed by atoms with van der Waals surface area (Å²) in [4.78, 5) is 12.1. The Morgan fingerprint density at radius 1 is 1.31 bits per heavy atom. The maximum atomic E-state index is 12.1. The first-order valence-corrected chi connectivity index (χ1v) is 10.3. The van der Waals surface area contributed by atoms with Crippen LogP contribution in [0, 0.1) is 11.3 Å². The Hall–Kier alpha value is -1.51. The zero-order chi connectivity index (χ0) is 19.1. The standard InChI is InChI=1S/C23H34O3/c1-6-12-26-19-14-18-16(13-17(19)15(2)3)8-9-20-22(18,4)10-7-11-23(20,5)21(24)25/h13-15,20H,6-12H2,1-5H3,(H,24,25)/t20-,22-,23-/m1/s1. The highest BCUT2D eigenvalue weighted by Crippen LogP contribution is 2.58. The Morgan fingerprint density at radius 2 is 2.04 bits per heavy atom. The summed E-state index contributed by atoms with van der Waals surface area (Å²) in [5, 5.41) is 9.96. The van der Waals surface area contributed by atoms with Gasteiger partial charge in [0.25, 0.3) is 0 Å². The normalized spacial score (nSPS) is 30.6. The van der Waals surface area contributed by atoms with E-state index in [-0.39, 0.29) is 11.3 Å². The largest absolute Gasteiger partial charge is 0.493 e. The van der Waals surface area contributed by atoms with Crippen LogP contribution in [0.4, 0.5) is 0 Å². The second-order valence-corrected chi connectivity index (χ2v) is 9.14. The van der Waals surface area contributed by atoms with Crippen molar-refractivity contribution in [2.45, 2.75) is 84.5 Å². The summed E-state index contributed by atoms with van der Waals surface area (Å²) in [6, 6.07) is 4.61. The molecule has 26 heavy (non-hydrogen) atoms. The molecule has 3 heteroatoms. The maximum absolute atomic E-state index is 12.1. The van der Waals surface area contributed by atoms with Crippen LogP contribution in [-0.2, 0) is 16.6 Å². The predicted octanol–water partition coefficient (Wildman–Crippen LogP) is 5.69. The molecule has 1 N–H and O–H groups in total. The monoisotopic (exact) mass is 358 g/mol. The molecule has 3 nitrogen and oxygen atoms in total. The summed E-state index contributed by atoms with van der Waals surface area (Å²) in [6.07, 6.45) is 5.78. The number of ether oxygens (including phenoxy) is 1. The molecule has 0 aromatic heterocycles. The third-order valence-electron chi connectivity index (χ3n) is 7.06. The molecule has 0 radical (unpaired) electrons. The summed E-state index contributed by atoms with van der Waals surface area (Å²) >= 11 is 0. The molecule has 1 saturated carbocycles. The van der Waals surface area contributed by atoms with E-state index in [1.165, 1.54) is 16.7 Å². The molecule has 144 valence electrons. The van der Waals surface area contributed by atoms with E-state index in [1.807, 2.05) is 6.92 Å². The number of carboxylic acids is 1.